The summed E-state index contributed by atoms with van der Waals surface area (Å²) in [5.74, 6) is 0.255. The average Bonchev–Trinajstić information content (AvgIpc) is 2.51. The molecule has 1 saturated heterocycles. The van der Waals surface area contributed by atoms with Gasteiger partial charge >= 0.3 is 0 Å². The van der Waals surface area contributed by atoms with Crippen LogP contribution in [-0.4, -0.2) is 23.1 Å². The number of nitrogens with one attached hydrogen (secondary N) is 1. The zero-order valence-corrected chi connectivity index (χ0v) is 12.4. The van der Waals surface area contributed by atoms with E-state index in [1.165, 1.54) is 24.6 Å². The van der Waals surface area contributed by atoms with Crippen LogP contribution in [0.25, 0.3) is 0 Å². The largest absolute Gasteiger partial charge is 0.356 e. The molecule has 116 valence electrons. The first-order valence-corrected chi connectivity index (χ1v) is 7.42. The lowest BCUT2D eigenvalue weighted by Gasteiger charge is -2.31. The number of nitrogens with zero attached hydrogens (tertiary/aromatic N) is 3. The summed E-state index contributed by atoms with van der Waals surface area (Å²) in [6, 6.07) is 5.53. The van der Waals surface area contributed by atoms with E-state index in [0.717, 1.165) is 25.3 Å². The molecule has 2 heterocycles. The maximum atomic E-state index is 13.7. The summed E-state index contributed by atoms with van der Waals surface area (Å²) < 4.78 is 27.3. The summed E-state index contributed by atoms with van der Waals surface area (Å²) >= 11 is 0. The molecule has 0 bridgehead atoms. The summed E-state index contributed by atoms with van der Waals surface area (Å²) in [4.78, 5) is 10.6. The van der Waals surface area contributed by atoms with Gasteiger partial charge in [0.05, 0.1) is 0 Å². The van der Waals surface area contributed by atoms with Gasteiger partial charge in [-0.3, -0.25) is 0 Å². The summed E-state index contributed by atoms with van der Waals surface area (Å²) in [6.07, 6.45) is 3.94. The predicted octanol–water partition coefficient (Wildman–Crippen LogP) is 3.73. The van der Waals surface area contributed by atoms with Gasteiger partial charge in [0.25, 0.3) is 0 Å². The molecular weight excluding hydrogens is 286 g/mol. The highest BCUT2D eigenvalue weighted by atomic mass is 19.1. The van der Waals surface area contributed by atoms with Crippen LogP contribution in [0.2, 0.25) is 0 Å². The van der Waals surface area contributed by atoms with Crippen LogP contribution in [0.5, 0.6) is 0 Å². The molecule has 1 atom stereocenters. The van der Waals surface area contributed by atoms with Crippen molar-refractivity contribution in [1.29, 1.82) is 0 Å². The van der Waals surface area contributed by atoms with E-state index in [2.05, 4.69) is 27.1 Å². The zero-order chi connectivity index (χ0) is 15.5. The van der Waals surface area contributed by atoms with Gasteiger partial charge in [-0.05, 0) is 37.0 Å². The fourth-order valence-electron chi connectivity index (χ4n) is 2.71. The molecule has 1 aromatic heterocycles. The molecule has 1 aliphatic rings. The quantitative estimate of drug-likeness (QED) is 0.938. The number of halogens is 2. The second-order valence-corrected chi connectivity index (χ2v) is 5.65. The molecule has 0 spiro atoms. The van der Waals surface area contributed by atoms with Crippen molar-refractivity contribution < 1.29 is 8.78 Å². The van der Waals surface area contributed by atoms with Crippen molar-refractivity contribution in [1.82, 2.24) is 9.97 Å². The summed E-state index contributed by atoms with van der Waals surface area (Å²) in [5, 5.41) is 2.63. The second-order valence-electron chi connectivity index (χ2n) is 5.65. The van der Waals surface area contributed by atoms with Crippen LogP contribution in [0, 0.1) is 17.6 Å². The Morgan fingerprint density at radius 1 is 1.23 bits per heavy atom. The van der Waals surface area contributed by atoms with Gasteiger partial charge in [-0.15, -0.1) is 0 Å². The molecule has 0 aliphatic carbocycles. The number of rotatable bonds is 3. The first-order valence-electron chi connectivity index (χ1n) is 7.42. The number of benzene rings is 1. The van der Waals surface area contributed by atoms with Crippen molar-refractivity contribution >= 4 is 17.5 Å². The van der Waals surface area contributed by atoms with E-state index in [0.29, 0.717) is 5.92 Å². The molecule has 3 rings (SSSR count). The molecule has 1 fully saturated rings. The molecule has 4 nitrogen and oxygen atoms in total. The highest BCUT2D eigenvalue weighted by Gasteiger charge is 2.18. The third kappa shape index (κ3) is 3.16. The monoisotopic (exact) mass is 304 g/mol. The molecule has 1 aromatic carbocycles. The maximum Gasteiger partial charge on any atom is 0.229 e. The van der Waals surface area contributed by atoms with Crippen molar-refractivity contribution in [3.8, 4) is 0 Å². The molecule has 1 N–H and O–H groups in total. The molecule has 1 unspecified atom stereocenters. The summed E-state index contributed by atoms with van der Waals surface area (Å²) in [6.45, 7) is 4.08. The lowest BCUT2D eigenvalue weighted by Crippen LogP contribution is -2.34. The Bertz CT molecular complexity index is 642. The standard InChI is InChI=1S/C16H18F2N4/c1-11-4-3-9-22(10-11)14-7-8-19-16(20-14)21-15-12(17)5-2-6-13(15)18/h2,5-8,11H,3-4,9-10H2,1H3,(H,19,20,21). The van der Waals surface area contributed by atoms with Crippen LogP contribution in [-0.2, 0) is 0 Å². The van der Waals surface area contributed by atoms with E-state index in [4.69, 9.17) is 0 Å². The lowest BCUT2D eigenvalue weighted by molar-refractivity contribution is 0.444. The van der Waals surface area contributed by atoms with E-state index in [1.807, 2.05) is 6.07 Å². The summed E-state index contributed by atoms with van der Waals surface area (Å²) in [5.41, 5.74) is -0.230. The Kier molecular flexibility index (Phi) is 4.18. The van der Waals surface area contributed by atoms with E-state index in [-0.39, 0.29) is 11.6 Å². The molecule has 0 amide bonds. The fraction of sp³-hybridized carbons (Fsp3) is 0.375. The van der Waals surface area contributed by atoms with Crippen molar-refractivity contribution in [3.63, 3.8) is 0 Å². The van der Waals surface area contributed by atoms with E-state index in [9.17, 15) is 8.78 Å². The Hall–Kier alpha value is -2.24. The number of hydrogen-bond donors (Lipinski definition) is 1. The third-order valence-electron chi connectivity index (χ3n) is 3.82. The molecule has 6 heteroatoms. The van der Waals surface area contributed by atoms with Crippen molar-refractivity contribution in [2.24, 2.45) is 5.92 Å². The van der Waals surface area contributed by atoms with E-state index < -0.39 is 11.6 Å². The zero-order valence-electron chi connectivity index (χ0n) is 12.4. The minimum absolute atomic E-state index is 0.194. The second kappa shape index (κ2) is 6.25. The average molecular weight is 304 g/mol. The lowest BCUT2D eigenvalue weighted by atomic mass is 10.0. The van der Waals surface area contributed by atoms with Gasteiger partial charge in [0, 0.05) is 19.3 Å². The number of aromatic nitrogens is 2. The molecule has 22 heavy (non-hydrogen) atoms. The minimum atomic E-state index is -0.666. The van der Waals surface area contributed by atoms with Gasteiger partial charge < -0.3 is 10.2 Å². The Labute approximate surface area is 128 Å². The smallest absolute Gasteiger partial charge is 0.229 e. The number of piperidine rings is 1. The Morgan fingerprint density at radius 3 is 2.73 bits per heavy atom. The number of anilines is 3. The maximum absolute atomic E-state index is 13.7. The van der Waals surface area contributed by atoms with Crippen LogP contribution in [0.15, 0.2) is 30.5 Å². The van der Waals surface area contributed by atoms with Gasteiger partial charge in [0.15, 0.2) is 0 Å². The molecule has 0 radical (unpaired) electrons. The number of hydrogen-bond acceptors (Lipinski definition) is 4. The first-order chi connectivity index (χ1) is 10.6. The van der Waals surface area contributed by atoms with Gasteiger partial charge in [-0.25, -0.2) is 13.8 Å². The Morgan fingerprint density at radius 2 is 2.00 bits per heavy atom. The van der Waals surface area contributed by atoms with Gasteiger partial charge in [-0.1, -0.05) is 13.0 Å². The van der Waals surface area contributed by atoms with Crippen LogP contribution in [0.1, 0.15) is 19.8 Å². The molecule has 0 saturated carbocycles. The fourth-order valence-corrected chi connectivity index (χ4v) is 2.71. The van der Waals surface area contributed by atoms with Crippen molar-refractivity contribution in [2.45, 2.75) is 19.8 Å². The Balaban J connectivity index is 1.82. The van der Waals surface area contributed by atoms with Crippen LogP contribution < -0.4 is 10.2 Å². The highest BCUT2D eigenvalue weighted by molar-refractivity contribution is 5.56. The van der Waals surface area contributed by atoms with E-state index in [1.54, 1.807) is 6.20 Å². The molecular formula is C16H18F2N4. The van der Waals surface area contributed by atoms with Gasteiger partial charge in [-0.2, -0.15) is 4.98 Å². The van der Waals surface area contributed by atoms with Crippen molar-refractivity contribution in [3.05, 3.63) is 42.1 Å². The minimum Gasteiger partial charge on any atom is -0.356 e. The predicted molar refractivity (Wildman–Crippen MR) is 82.3 cm³/mol. The number of para-hydroxylation sites is 1. The third-order valence-corrected chi connectivity index (χ3v) is 3.82. The van der Waals surface area contributed by atoms with Crippen LogP contribution in [0.4, 0.5) is 26.2 Å². The van der Waals surface area contributed by atoms with Gasteiger partial charge in [0.1, 0.15) is 23.1 Å². The topological polar surface area (TPSA) is 41.1 Å². The van der Waals surface area contributed by atoms with E-state index >= 15 is 0 Å². The molecule has 2 aromatic rings. The van der Waals surface area contributed by atoms with Crippen LogP contribution in [0.3, 0.4) is 0 Å². The van der Waals surface area contributed by atoms with Crippen molar-refractivity contribution in [2.75, 3.05) is 23.3 Å². The normalized spacial score (nSPS) is 18.3. The van der Waals surface area contributed by atoms with Gasteiger partial charge in [0.2, 0.25) is 5.95 Å². The van der Waals surface area contributed by atoms with Crippen LogP contribution >= 0.6 is 0 Å². The SMILES string of the molecule is CC1CCCN(c2ccnc(Nc3c(F)cccc3F)n2)C1. The first kappa shape index (κ1) is 14.7. The highest BCUT2D eigenvalue weighted by Crippen LogP contribution is 2.24. The summed E-state index contributed by atoms with van der Waals surface area (Å²) in [7, 11) is 0. The molecule has 1 aliphatic heterocycles.